The molecule has 1 fully saturated rings. The third-order valence-electron chi connectivity index (χ3n) is 3.59. The summed E-state index contributed by atoms with van der Waals surface area (Å²) >= 11 is 0. The fourth-order valence-corrected chi connectivity index (χ4v) is 2.61. The van der Waals surface area contributed by atoms with Crippen LogP contribution >= 0.6 is 0 Å². The first-order valence-corrected chi connectivity index (χ1v) is 6.67. The Morgan fingerprint density at radius 3 is 3.06 bits per heavy atom. The Labute approximate surface area is 104 Å². The fourth-order valence-electron chi connectivity index (χ4n) is 2.61. The Hall–Kier alpha value is -1.09. The summed E-state index contributed by atoms with van der Waals surface area (Å²) in [4.78, 5) is 6.65. The van der Waals surface area contributed by atoms with Crippen LogP contribution in [0.2, 0.25) is 0 Å². The van der Waals surface area contributed by atoms with E-state index in [0.717, 1.165) is 19.0 Å². The largest absolute Gasteiger partial charge is 0.371 e. The van der Waals surface area contributed by atoms with E-state index in [9.17, 15) is 0 Å². The van der Waals surface area contributed by atoms with E-state index in [1.165, 1.54) is 37.2 Å². The average molecular weight is 233 g/mol. The lowest BCUT2D eigenvalue weighted by Crippen LogP contribution is -2.38. The molecule has 0 spiro atoms. The van der Waals surface area contributed by atoms with Crippen molar-refractivity contribution in [1.82, 2.24) is 10.3 Å². The summed E-state index contributed by atoms with van der Waals surface area (Å²) in [5, 5.41) is 3.49. The van der Waals surface area contributed by atoms with Crippen molar-refractivity contribution in [2.45, 2.75) is 26.7 Å². The Kier molecular flexibility index (Phi) is 4.37. The van der Waals surface area contributed by atoms with E-state index < -0.39 is 0 Å². The third kappa shape index (κ3) is 3.19. The van der Waals surface area contributed by atoms with Gasteiger partial charge in [0.15, 0.2) is 0 Å². The van der Waals surface area contributed by atoms with Crippen LogP contribution in [0.5, 0.6) is 0 Å². The monoisotopic (exact) mass is 233 g/mol. The van der Waals surface area contributed by atoms with Crippen LogP contribution in [0.25, 0.3) is 0 Å². The highest BCUT2D eigenvalue weighted by Crippen LogP contribution is 2.21. The third-order valence-corrected chi connectivity index (χ3v) is 3.59. The predicted molar refractivity (Wildman–Crippen MR) is 72.5 cm³/mol. The van der Waals surface area contributed by atoms with Gasteiger partial charge in [0.2, 0.25) is 0 Å². The van der Waals surface area contributed by atoms with Crippen molar-refractivity contribution in [2.24, 2.45) is 5.92 Å². The lowest BCUT2D eigenvalue weighted by molar-refractivity contribution is 0.378. The minimum Gasteiger partial charge on any atom is -0.371 e. The predicted octanol–water partition coefficient (Wildman–Crippen LogP) is 2.22. The Morgan fingerprint density at radius 1 is 1.53 bits per heavy atom. The van der Waals surface area contributed by atoms with Crippen LogP contribution in [0.1, 0.15) is 25.3 Å². The molecule has 1 aliphatic rings. The van der Waals surface area contributed by atoms with Gasteiger partial charge in [-0.3, -0.25) is 4.98 Å². The number of nitrogens with zero attached hydrogens (tertiary/aromatic N) is 2. The molecule has 3 nitrogen and oxygen atoms in total. The van der Waals surface area contributed by atoms with Crippen molar-refractivity contribution in [3.8, 4) is 0 Å². The normalized spacial score (nSPS) is 20.2. The first kappa shape index (κ1) is 12.4. The summed E-state index contributed by atoms with van der Waals surface area (Å²) in [6.45, 7) is 8.97. The van der Waals surface area contributed by atoms with E-state index in [0.29, 0.717) is 0 Å². The van der Waals surface area contributed by atoms with Gasteiger partial charge in [-0.15, -0.1) is 0 Å². The molecular weight excluding hydrogens is 210 g/mol. The minimum absolute atomic E-state index is 0.788. The van der Waals surface area contributed by atoms with Gasteiger partial charge in [-0.1, -0.05) is 0 Å². The number of rotatable bonds is 4. The second-order valence-corrected chi connectivity index (χ2v) is 4.91. The van der Waals surface area contributed by atoms with Crippen molar-refractivity contribution in [3.05, 3.63) is 24.0 Å². The van der Waals surface area contributed by atoms with Crippen molar-refractivity contribution in [2.75, 3.05) is 31.1 Å². The molecule has 0 amide bonds. The summed E-state index contributed by atoms with van der Waals surface area (Å²) in [5.41, 5.74) is 2.62. The summed E-state index contributed by atoms with van der Waals surface area (Å²) in [6, 6.07) is 2.13. The van der Waals surface area contributed by atoms with Crippen LogP contribution in [-0.4, -0.2) is 31.2 Å². The number of aryl methyl sites for hydroxylation is 1. The molecule has 94 valence electrons. The molecule has 1 aromatic rings. The van der Waals surface area contributed by atoms with Crippen molar-refractivity contribution in [1.29, 1.82) is 0 Å². The maximum Gasteiger partial charge on any atom is 0.0426 e. The molecule has 17 heavy (non-hydrogen) atoms. The van der Waals surface area contributed by atoms with Crippen molar-refractivity contribution < 1.29 is 0 Å². The molecule has 0 radical (unpaired) electrons. The first-order chi connectivity index (χ1) is 8.31. The van der Waals surface area contributed by atoms with E-state index in [4.69, 9.17) is 0 Å². The van der Waals surface area contributed by atoms with Crippen molar-refractivity contribution >= 4 is 5.69 Å². The molecular formula is C14H23N3. The molecule has 1 unspecified atom stereocenters. The van der Waals surface area contributed by atoms with Gasteiger partial charge >= 0.3 is 0 Å². The van der Waals surface area contributed by atoms with E-state index in [2.05, 4.69) is 35.1 Å². The topological polar surface area (TPSA) is 28.2 Å². The fraction of sp³-hybridized carbons (Fsp3) is 0.643. The molecule has 2 heterocycles. The number of hydrogen-bond acceptors (Lipinski definition) is 3. The molecule has 1 aromatic heterocycles. The highest BCUT2D eigenvalue weighted by Gasteiger charge is 2.17. The van der Waals surface area contributed by atoms with E-state index in [1.54, 1.807) is 0 Å². The van der Waals surface area contributed by atoms with Gasteiger partial charge in [0.25, 0.3) is 0 Å². The van der Waals surface area contributed by atoms with Crippen LogP contribution in [0.4, 0.5) is 5.69 Å². The van der Waals surface area contributed by atoms with Crippen LogP contribution in [0, 0.1) is 12.8 Å². The lowest BCUT2D eigenvalue weighted by atomic mass is 9.98. The molecule has 2 rings (SSSR count). The van der Waals surface area contributed by atoms with Crippen LogP contribution in [-0.2, 0) is 0 Å². The number of anilines is 1. The molecule has 1 N–H and O–H groups in total. The summed E-state index contributed by atoms with van der Waals surface area (Å²) in [5.74, 6) is 0.788. The van der Waals surface area contributed by atoms with Crippen molar-refractivity contribution in [3.63, 3.8) is 0 Å². The summed E-state index contributed by atoms with van der Waals surface area (Å²) in [6.07, 6.45) is 6.52. The molecule has 0 bridgehead atoms. The maximum absolute atomic E-state index is 4.17. The van der Waals surface area contributed by atoms with E-state index >= 15 is 0 Å². The molecule has 1 atom stereocenters. The maximum atomic E-state index is 4.17. The molecule has 3 heteroatoms. The van der Waals surface area contributed by atoms with Crippen LogP contribution < -0.4 is 10.2 Å². The second-order valence-electron chi connectivity index (χ2n) is 4.91. The number of aromatic nitrogens is 1. The highest BCUT2D eigenvalue weighted by atomic mass is 15.1. The average Bonchev–Trinajstić information content (AvgIpc) is 2.38. The second kappa shape index (κ2) is 6.01. The molecule has 0 aliphatic carbocycles. The zero-order valence-electron chi connectivity index (χ0n) is 10.9. The van der Waals surface area contributed by atoms with Gasteiger partial charge in [0, 0.05) is 31.2 Å². The standard InChI is InChI=1S/C14H23N3/c1-3-17(11-13-5-4-7-15-10-13)14-6-8-16-9-12(14)2/h6,8-9,13,15H,3-5,7,10-11H2,1-2H3. The van der Waals surface area contributed by atoms with Gasteiger partial charge in [-0.05, 0) is 57.3 Å². The Morgan fingerprint density at radius 2 is 2.41 bits per heavy atom. The number of hydrogen-bond donors (Lipinski definition) is 1. The summed E-state index contributed by atoms with van der Waals surface area (Å²) in [7, 11) is 0. The zero-order valence-corrected chi connectivity index (χ0v) is 10.9. The van der Waals surface area contributed by atoms with Crippen LogP contribution in [0.15, 0.2) is 18.5 Å². The number of pyridine rings is 1. The molecule has 1 aliphatic heterocycles. The van der Waals surface area contributed by atoms with E-state index in [1.807, 2.05) is 12.4 Å². The quantitative estimate of drug-likeness (QED) is 0.864. The highest BCUT2D eigenvalue weighted by molar-refractivity contribution is 5.51. The zero-order chi connectivity index (χ0) is 12.1. The SMILES string of the molecule is CCN(CC1CCCNC1)c1ccncc1C. The van der Waals surface area contributed by atoms with Gasteiger partial charge in [0.05, 0.1) is 0 Å². The number of nitrogens with one attached hydrogen (secondary N) is 1. The molecule has 0 saturated carbocycles. The lowest BCUT2D eigenvalue weighted by Gasteiger charge is -2.31. The van der Waals surface area contributed by atoms with Gasteiger partial charge in [-0.25, -0.2) is 0 Å². The first-order valence-electron chi connectivity index (χ1n) is 6.67. The Bertz CT molecular complexity index is 345. The Balaban J connectivity index is 2.03. The van der Waals surface area contributed by atoms with E-state index in [-0.39, 0.29) is 0 Å². The minimum atomic E-state index is 0.788. The van der Waals surface area contributed by atoms with Crippen LogP contribution in [0.3, 0.4) is 0 Å². The van der Waals surface area contributed by atoms with Gasteiger partial charge in [0.1, 0.15) is 0 Å². The number of piperidine rings is 1. The molecule has 1 saturated heterocycles. The van der Waals surface area contributed by atoms with Gasteiger partial charge in [-0.2, -0.15) is 0 Å². The smallest absolute Gasteiger partial charge is 0.0426 e. The summed E-state index contributed by atoms with van der Waals surface area (Å²) < 4.78 is 0. The van der Waals surface area contributed by atoms with Gasteiger partial charge < -0.3 is 10.2 Å². The molecule has 0 aromatic carbocycles.